The van der Waals surface area contributed by atoms with Gasteiger partial charge < -0.3 is 0 Å². The van der Waals surface area contributed by atoms with Gasteiger partial charge in [0.25, 0.3) is 0 Å². The van der Waals surface area contributed by atoms with Gasteiger partial charge in [-0.1, -0.05) is 6.92 Å². The van der Waals surface area contributed by atoms with Crippen LogP contribution in [0.3, 0.4) is 0 Å². The van der Waals surface area contributed by atoms with Crippen molar-refractivity contribution in [2.24, 2.45) is 0 Å². The maximum absolute atomic E-state index is 3.12. The summed E-state index contributed by atoms with van der Waals surface area (Å²) in [5.41, 5.74) is 2.85. The maximum Gasteiger partial charge on any atom is -0.109 e. The van der Waals surface area contributed by atoms with E-state index < -0.39 is 0 Å². The predicted octanol–water partition coefficient (Wildman–Crippen LogP) is 4.98. The third-order valence-corrected chi connectivity index (χ3v) is 1.94. The van der Waals surface area contributed by atoms with Gasteiger partial charge in [-0.05, 0) is 0 Å². The van der Waals surface area contributed by atoms with Crippen molar-refractivity contribution >= 4 is 28.0 Å². The molecule has 100 valence electrons. The van der Waals surface area contributed by atoms with Crippen molar-refractivity contribution in [1.82, 2.24) is 0 Å². The first-order valence-corrected chi connectivity index (χ1v) is 6.73. The van der Waals surface area contributed by atoms with E-state index in [1.54, 1.807) is 24.2 Å². The minimum absolute atomic E-state index is 0. The smallest absolute Gasteiger partial charge is 0.109 e. The normalized spacial score (nSPS) is 13.9. The zero-order valence-electron chi connectivity index (χ0n) is 11.5. The van der Waals surface area contributed by atoms with Crippen molar-refractivity contribution in [3.63, 3.8) is 0 Å². The van der Waals surface area contributed by atoms with Crippen molar-refractivity contribution in [2.75, 3.05) is 0 Å². The Balaban J connectivity index is -0.000000185. The van der Waals surface area contributed by atoms with E-state index in [-0.39, 0.29) is 24.8 Å². The summed E-state index contributed by atoms with van der Waals surface area (Å²) in [6.45, 7) is 8.51. The number of rotatable bonds is 0. The van der Waals surface area contributed by atoms with Crippen molar-refractivity contribution < 1.29 is 24.2 Å². The first-order chi connectivity index (χ1) is 7.54. The summed E-state index contributed by atoms with van der Waals surface area (Å²) in [6, 6.07) is 0. The quantitative estimate of drug-likeness (QED) is 0.532. The molecule has 0 aliphatic heterocycles. The van der Waals surface area contributed by atoms with Crippen LogP contribution in [0.25, 0.3) is 0 Å². The summed E-state index contributed by atoms with van der Waals surface area (Å²) < 4.78 is 1.51. The molecule has 0 saturated heterocycles. The molecule has 0 aromatic heterocycles. The second-order valence-electron chi connectivity index (χ2n) is 3.99. The van der Waals surface area contributed by atoms with Gasteiger partial charge >= 0.3 is 41.3 Å². The first kappa shape index (κ1) is 23.4. The van der Waals surface area contributed by atoms with Crippen LogP contribution in [0, 0.1) is 12.2 Å². The Morgan fingerprint density at radius 3 is 1.83 bits per heavy atom. The van der Waals surface area contributed by atoms with E-state index in [2.05, 4.69) is 52.0 Å². The van der Waals surface area contributed by atoms with Crippen LogP contribution in [0.15, 0.2) is 35.5 Å². The number of allylic oxidation sites excluding steroid dienone is 8. The molecule has 0 fully saturated rings. The molecule has 18 heavy (non-hydrogen) atoms. The summed E-state index contributed by atoms with van der Waals surface area (Å²) in [4.78, 5) is 0. The van der Waals surface area contributed by atoms with Crippen LogP contribution in [-0.4, -0.2) is 3.21 Å². The molecular formula is C15H22Cl2Zr. The summed E-state index contributed by atoms with van der Waals surface area (Å²) in [5.74, 6) is 0. The molecule has 0 radical (unpaired) electrons. The molecule has 2 rings (SSSR count). The number of halogens is 2. The Labute approximate surface area is 139 Å². The largest absolute Gasteiger partial charge is 0.273 e. The van der Waals surface area contributed by atoms with E-state index in [0.717, 1.165) is 12.8 Å². The summed E-state index contributed by atoms with van der Waals surface area (Å²) in [6.07, 6.45) is 16.2. The third-order valence-electron chi connectivity index (χ3n) is 1.94. The summed E-state index contributed by atoms with van der Waals surface area (Å²) >= 11 is 1.55. The third kappa shape index (κ3) is 16.3. The van der Waals surface area contributed by atoms with Gasteiger partial charge in [0, 0.05) is 0 Å². The van der Waals surface area contributed by atoms with E-state index in [0.29, 0.717) is 0 Å². The molecule has 0 amide bonds. The molecule has 0 N–H and O–H groups in total. The van der Waals surface area contributed by atoms with Crippen LogP contribution in [0.4, 0.5) is 0 Å². The molecule has 2 aliphatic carbocycles. The molecular weight excluding hydrogens is 342 g/mol. The van der Waals surface area contributed by atoms with Crippen LogP contribution >= 0.6 is 24.8 Å². The van der Waals surface area contributed by atoms with Crippen molar-refractivity contribution in [1.29, 1.82) is 0 Å². The summed E-state index contributed by atoms with van der Waals surface area (Å²) in [5, 5.41) is 0. The van der Waals surface area contributed by atoms with Crippen LogP contribution < -0.4 is 0 Å². The van der Waals surface area contributed by atoms with E-state index in [4.69, 9.17) is 0 Å². The first-order valence-electron chi connectivity index (χ1n) is 5.50. The number of hydrogen-bond acceptors (Lipinski definition) is 0. The molecule has 0 heterocycles. The SMILES string of the molecule is CC1=C(C)C[C-]=C1.C[C](C)=[Zr+2].Cl.Cl.[C-]1=CC=CC1. The fourth-order valence-corrected chi connectivity index (χ4v) is 0.960. The van der Waals surface area contributed by atoms with Gasteiger partial charge in [0.1, 0.15) is 0 Å². The van der Waals surface area contributed by atoms with E-state index in [1.165, 1.54) is 14.4 Å². The van der Waals surface area contributed by atoms with Gasteiger partial charge in [0.05, 0.1) is 0 Å². The molecule has 0 spiro atoms. The Hall–Kier alpha value is 0.293. The van der Waals surface area contributed by atoms with E-state index >= 15 is 0 Å². The standard InChI is InChI=1S/C7H9.C5H5.C3H6.2ClH.Zr/c1-6-4-3-5-7(6)2;1-2-4-5-3-1;1-3-2;;;/h4H,5H2,1-2H3;1-3H,4H2;1-2H3;2*1H;/q2*-1;;;;+2. The van der Waals surface area contributed by atoms with Gasteiger partial charge in [-0.2, -0.15) is 11.6 Å². The van der Waals surface area contributed by atoms with E-state index in [9.17, 15) is 0 Å². The average Bonchev–Trinajstić information content (AvgIpc) is 2.81. The average molecular weight is 364 g/mol. The Morgan fingerprint density at radius 1 is 1.17 bits per heavy atom. The van der Waals surface area contributed by atoms with Crippen molar-refractivity contribution in [3.05, 3.63) is 47.6 Å². The monoisotopic (exact) mass is 362 g/mol. The summed E-state index contributed by atoms with van der Waals surface area (Å²) in [7, 11) is 0. The minimum atomic E-state index is 0. The zero-order valence-corrected chi connectivity index (χ0v) is 15.6. The molecule has 0 aromatic rings. The van der Waals surface area contributed by atoms with Gasteiger partial charge in [-0.3, -0.25) is 12.2 Å². The van der Waals surface area contributed by atoms with Crippen LogP contribution in [0.5, 0.6) is 0 Å². The Kier molecular flexibility index (Phi) is 19.9. The molecule has 0 atom stereocenters. The van der Waals surface area contributed by atoms with Crippen molar-refractivity contribution in [2.45, 2.75) is 40.5 Å². The van der Waals surface area contributed by atoms with Gasteiger partial charge in [0.15, 0.2) is 0 Å². The van der Waals surface area contributed by atoms with Gasteiger partial charge in [-0.25, -0.2) is 23.8 Å². The second kappa shape index (κ2) is 15.4. The van der Waals surface area contributed by atoms with E-state index in [1.807, 2.05) is 12.2 Å². The topological polar surface area (TPSA) is 0 Å². The molecule has 0 saturated carbocycles. The Bertz CT molecular complexity index is 322. The fourth-order valence-electron chi connectivity index (χ4n) is 0.960. The van der Waals surface area contributed by atoms with Gasteiger partial charge in [-0.15, -0.1) is 44.6 Å². The van der Waals surface area contributed by atoms with Crippen LogP contribution in [-0.2, 0) is 24.2 Å². The second-order valence-corrected chi connectivity index (χ2v) is 6.45. The molecule has 0 unspecified atom stereocenters. The molecule has 3 heteroatoms. The fraction of sp³-hybridized carbons (Fsp3) is 0.400. The molecule has 2 aliphatic rings. The Morgan fingerprint density at radius 2 is 1.72 bits per heavy atom. The molecule has 0 aromatic carbocycles. The minimum Gasteiger partial charge on any atom is -0.273 e. The zero-order chi connectivity index (χ0) is 12.4. The number of hydrogen-bond donors (Lipinski definition) is 0. The van der Waals surface area contributed by atoms with Gasteiger partial charge in [0.2, 0.25) is 0 Å². The molecule has 0 bridgehead atoms. The predicted molar refractivity (Wildman–Crippen MR) is 83.2 cm³/mol. The molecule has 0 nitrogen and oxygen atoms in total. The van der Waals surface area contributed by atoms with Crippen LogP contribution in [0.1, 0.15) is 40.5 Å². The van der Waals surface area contributed by atoms with Crippen molar-refractivity contribution in [3.8, 4) is 0 Å². The van der Waals surface area contributed by atoms with Crippen LogP contribution in [0.2, 0.25) is 0 Å². The maximum atomic E-state index is 3.12.